The van der Waals surface area contributed by atoms with Gasteiger partial charge in [0.05, 0.1) is 0 Å². The van der Waals surface area contributed by atoms with Gasteiger partial charge in [-0.2, -0.15) is 4.31 Å². The third-order valence-electron chi connectivity index (χ3n) is 2.37. The number of thiophene rings is 1. The third kappa shape index (κ3) is 1.87. The van der Waals surface area contributed by atoms with Crippen LogP contribution in [-0.2, 0) is 10.0 Å². The second-order valence-corrected chi connectivity index (χ2v) is 6.65. The molecule has 1 fully saturated rings. The fraction of sp³-hybridized carbons (Fsp3) is 0.500. The molecule has 0 aliphatic carbocycles. The first-order chi connectivity index (χ1) is 7.04. The third-order valence-corrected chi connectivity index (χ3v) is 5.64. The zero-order chi connectivity index (χ0) is 11.1. The molecule has 0 bridgehead atoms. The van der Waals surface area contributed by atoms with Crippen LogP contribution in [0.15, 0.2) is 15.7 Å². The van der Waals surface area contributed by atoms with E-state index in [4.69, 9.17) is 10.8 Å². The highest BCUT2D eigenvalue weighted by molar-refractivity contribution is 7.91. The van der Waals surface area contributed by atoms with Crippen LogP contribution >= 0.6 is 11.3 Å². The first-order valence-electron chi connectivity index (χ1n) is 4.49. The number of nitrogens with two attached hydrogens (primary N) is 1. The molecule has 1 aromatic heterocycles. The Balaban J connectivity index is 2.15. The maximum absolute atomic E-state index is 11.9. The second kappa shape index (κ2) is 3.75. The van der Waals surface area contributed by atoms with Gasteiger partial charge in [0.25, 0.3) is 10.0 Å². The molecule has 0 spiro atoms. The molecule has 0 saturated carbocycles. The van der Waals surface area contributed by atoms with Crippen LogP contribution in [0.25, 0.3) is 0 Å². The average Bonchev–Trinajstić information content (AvgIpc) is 2.50. The van der Waals surface area contributed by atoms with Crippen molar-refractivity contribution in [2.75, 3.05) is 25.4 Å². The maximum atomic E-state index is 11.9. The quantitative estimate of drug-likeness (QED) is 0.785. The summed E-state index contributed by atoms with van der Waals surface area (Å²) in [7, 11) is -3.36. The van der Waals surface area contributed by atoms with E-state index in [0.29, 0.717) is 18.8 Å². The zero-order valence-corrected chi connectivity index (χ0v) is 9.59. The number of anilines is 1. The minimum atomic E-state index is -3.36. The normalized spacial score (nSPS) is 19.0. The van der Waals surface area contributed by atoms with Crippen molar-refractivity contribution in [3.05, 3.63) is 11.4 Å². The number of aliphatic hydroxyl groups is 1. The molecule has 2 heterocycles. The van der Waals surface area contributed by atoms with Gasteiger partial charge in [-0.3, -0.25) is 0 Å². The molecule has 3 N–H and O–H groups in total. The Labute approximate surface area is 92.2 Å². The monoisotopic (exact) mass is 248 g/mol. The van der Waals surface area contributed by atoms with E-state index in [1.165, 1.54) is 10.4 Å². The Bertz CT molecular complexity index is 448. The van der Waals surface area contributed by atoms with Crippen molar-refractivity contribution in [2.45, 2.75) is 4.21 Å². The van der Waals surface area contributed by atoms with E-state index in [1.807, 2.05) is 0 Å². The first-order valence-corrected chi connectivity index (χ1v) is 6.81. The highest BCUT2D eigenvalue weighted by atomic mass is 32.2. The molecule has 0 amide bonds. The molecule has 0 unspecified atom stereocenters. The summed E-state index contributed by atoms with van der Waals surface area (Å²) in [6.45, 7) is 0.839. The Morgan fingerprint density at radius 1 is 1.60 bits per heavy atom. The van der Waals surface area contributed by atoms with Crippen LogP contribution in [0.1, 0.15) is 0 Å². The van der Waals surface area contributed by atoms with Gasteiger partial charge in [0.1, 0.15) is 4.21 Å². The summed E-state index contributed by atoms with van der Waals surface area (Å²) in [6, 6.07) is 1.46. The van der Waals surface area contributed by atoms with Crippen LogP contribution < -0.4 is 5.73 Å². The number of rotatable bonds is 3. The lowest BCUT2D eigenvalue weighted by atomic mass is 10.1. The fourth-order valence-corrected chi connectivity index (χ4v) is 4.25. The molecule has 1 aliphatic heterocycles. The summed E-state index contributed by atoms with van der Waals surface area (Å²) in [5.74, 6) is 0.0806. The standard InChI is InChI=1S/C8H12N2O3S2/c9-7-1-8(14-5-7)15(12,13)10-2-6(3-10)4-11/h1,5-6,11H,2-4,9H2. The second-order valence-electron chi connectivity index (χ2n) is 3.57. The smallest absolute Gasteiger partial charge is 0.252 e. The number of hydrogen-bond donors (Lipinski definition) is 2. The summed E-state index contributed by atoms with van der Waals surface area (Å²) in [5.41, 5.74) is 5.95. The minimum Gasteiger partial charge on any atom is -0.398 e. The minimum absolute atomic E-state index is 0.0403. The number of sulfonamides is 1. The van der Waals surface area contributed by atoms with Crippen molar-refractivity contribution in [3.63, 3.8) is 0 Å². The highest BCUT2D eigenvalue weighted by Gasteiger charge is 2.36. The lowest BCUT2D eigenvalue weighted by Crippen LogP contribution is -2.50. The zero-order valence-electron chi connectivity index (χ0n) is 7.96. The predicted molar refractivity (Wildman–Crippen MR) is 58.1 cm³/mol. The summed E-state index contributed by atoms with van der Waals surface area (Å²) in [4.78, 5) is 0. The topological polar surface area (TPSA) is 83.6 Å². The molecule has 0 aromatic carbocycles. The molecule has 1 aromatic rings. The van der Waals surface area contributed by atoms with E-state index in [-0.39, 0.29) is 16.7 Å². The molecule has 7 heteroatoms. The molecular weight excluding hydrogens is 236 g/mol. The SMILES string of the molecule is Nc1csc(S(=O)(=O)N2CC(CO)C2)c1. The number of nitrogens with zero attached hydrogens (tertiary/aromatic N) is 1. The van der Waals surface area contributed by atoms with E-state index in [9.17, 15) is 8.42 Å². The van der Waals surface area contributed by atoms with Gasteiger partial charge in [0.2, 0.25) is 0 Å². The summed E-state index contributed by atoms with van der Waals surface area (Å²) in [6.07, 6.45) is 0. The van der Waals surface area contributed by atoms with Crippen LogP contribution in [0, 0.1) is 5.92 Å². The molecule has 0 atom stereocenters. The largest absolute Gasteiger partial charge is 0.398 e. The van der Waals surface area contributed by atoms with Gasteiger partial charge in [-0.1, -0.05) is 0 Å². The van der Waals surface area contributed by atoms with Gasteiger partial charge in [-0.15, -0.1) is 11.3 Å². The van der Waals surface area contributed by atoms with Crippen LogP contribution in [0.3, 0.4) is 0 Å². The molecule has 84 valence electrons. The summed E-state index contributed by atoms with van der Waals surface area (Å²) >= 11 is 1.13. The van der Waals surface area contributed by atoms with E-state index in [0.717, 1.165) is 11.3 Å². The lowest BCUT2D eigenvalue weighted by molar-refractivity contribution is 0.117. The van der Waals surface area contributed by atoms with Crippen molar-refractivity contribution in [3.8, 4) is 0 Å². The van der Waals surface area contributed by atoms with Crippen molar-refractivity contribution >= 4 is 27.0 Å². The molecule has 2 rings (SSSR count). The number of nitrogen functional groups attached to an aromatic ring is 1. The molecule has 1 aliphatic rings. The average molecular weight is 248 g/mol. The number of hydrogen-bond acceptors (Lipinski definition) is 5. The van der Waals surface area contributed by atoms with Gasteiger partial charge < -0.3 is 10.8 Å². The van der Waals surface area contributed by atoms with Crippen molar-refractivity contribution in [1.82, 2.24) is 4.31 Å². The Hall–Kier alpha value is -0.630. The Kier molecular flexibility index (Phi) is 2.72. The maximum Gasteiger partial charge on any atom is 0.252 e. The highest BCUT2D eigenvalue weighted by Crippen LogP contribution is 2.29. The molecule has 5 nitrogen and oxygen atoms in total. The molecular formula is C8H12N2O3S2. The van der Waals surface area contributed by atoms with E-state index < -0.39 is 10.0 Å². The first kappa shape index (κ1) is 10.9. The van der Waals surface area contributed by atoms with Gasteiger partial charge in [-0.25, -0.2) is 8.42 Å². The van der Waals surface area contributed by atoms with Crippen LogP contribution in [0.4, 0.5) is 5.69 Å². The fourth-order valence-electron chi connectivity index (χ4n) is 1.43. The van der Waals surface area contributed by atoms with E-state index in [2.05, 4.69) is 0 Å². The number of aliphatic hydroxyl groups excluding tert-OH is 1. The Morgan fingerprint density at radius 3 is 2.73 bits per heavy atom. The molecule has 15 heavy (non-hydrogen) atoms. The van der Waals surface area contributed by atoms with Crippen LogP contribution in [0.2, 0.25) is 0 Å². The lowest BCUT2D eigenvalue weighted by Gasteiger charge is -2.36. The van der Waals surface area contributed by atoms with E-state index >= 15 is 0 Å². The van der Waals surface area contributed by atoms with Crippen LogP contribution in [0.5, 0.6) is 0 Å². The van der Waals surface area contributed by atoms with Gasteiger partial charge in [0.15, 0.2) is 0 Å². The Morgan fingerprint density at radius 2 is 2.27 bits per heavy atom. The van der Waals surface area contributed by atoms with Gasteiger partial charge in [0, 0.05) is 36.7 Å². The van der Waals surface area contributed by atoms with Crippen molar-refractivity contribution in [1.29, 1.82) is 0 Å². The summed E-state index contributed by atoms with van der Waals surface area (Å²) < 4.78 is 25.4. The molecule has 0 radical (unpaired) electrons. The summed E-state index contributed by atoms with van der Waals surface area (Å²) in [5, 5.41) is 10.4. The van der Waals surface area contributed by atoms with Gasteiger partial charge >= 0.3 is 0 Å². The predicted octanol–water partition coefficient (Wildman–Crippen LogP) is -0.0569. The van der Waals surface area contributed by atoms with Gasteiger partial charge in [-0.05, 0) is 6.07 Å². The van der Waals surface area contributed by atoms with Crippen molar-refractivity contribution < 1.29 is 13.5 Å². The van der Waals surface area contributed by atoms with Crippen LogP contribution in [-0.4, -0.2) is 37.5 Å². The molecule has 1 saturated heterocycles. The van der Waals surface area contributed by atoms with E-state index in [1.54, 1.807) is 5.38 Å². The van der Waals surface area contributed by atoms with Crippen molar-refractivity contribution in [2.24, 2.45) is 5.92 Å².